The molecule has 0 atom stereocenters. The van der Waals surface area contributed by atoms with Crippen molar-refractivity contribution in [3.05, 3.63) is 34.9 Å². The Morgan fingerprint density at radius 1 is 1.56 bits per heavy atom. The lowest BCUT2D eigenvalue weighted by Gasteiger charge is -2.08. The molecule has 0 unspecified atom stereocenters. The van der Waals surface area contributed by atoms with E-state index in [1.165, 1.54) is 0 Å². The van der Waals surface area contributed by atoms with Gasteiger partial charge in [-0.25, -0.2) is 4.79 Å². The zero-order valence-corrected chi connectivity index (χ0v) is 10.1. The number of benzene rings is 1. The third kappa shape index (κ3) is 2.07. The Kier molecular flexibility index (Phi) is 3.33. The highest BCUT2D eigenvalue weighted by molar-refractivity contribution is 6.00. The van der Waals surface area contributed by atoms with Crippen LogP contribution >= 0.6 is 0 Å². The van der Waals surface area contributed by atoms with Crippen LogP contribution in [-0.2, 0) is 11.2 Å². The van der Waals surface area contributed by atoms with Gasteiger partial charge < -0.3 is 9.84 Å². The Hall–Kier alpha value is -2.28. The number of hydrogen-bond donors (Lipinski definition) is 1. The lowest BCUT2D eigenvalue weighted by atomic mass is 9.96. The van der Waals surface area contributed by atoms with Crippen molar-refractivity contribution in [2.24, 2.45) is 0 Å². The number of carboxylic acid groups (broad SMARTS) is 1. The van der Waals surface area contributed by atoms with Gasteiger partial charge in [-0.3, -0.25) is 0 Å². The van der Waals surface area contributed by atoms with Gasteiger partial charge in [0, 0.05) is 6.42 Å². The van der Waals surface area contributed by atoms with Gasteiger partial charge in [-0.1, -0.05) is 13.0 Å². The van der Waals surface area contributed by atoms with Gasteiger partial charge in [-0.05, 0) is 35.3 Å². The average molecular weight is 243 g/mol. The van der Waals surface area contributed by atoms with E-state index < -0.39 is 5.97 Å². The van der Waals surface area contributed by atoms with E-state index in [-0.39, 0.29) is 5.57 Å². The maximum Gasteiger partial charge on any atom is 0.346 e. The van der Waals surface area contributed by atoms with Crippen LogP contribution in [0, 0.1) is 11.3 Å². The van der Waals surface area contributed by atoms with Crippen LogP contribution in [0.2, 0.25) is 0 Å². The van der Waals surface area contributed by atoms with E-state index in [1.54, 1.807) is 6.07 Å². The van der Waals surface area contributed by atoms with Gasteiger partial charge in [0.2, 0.25) is 0 Å². The summed E-state index contributed by atoms with van der Waals surface area (Å²) in [6.45, 7) is 2.51. The van der Waals surface area contributed by atoms with Gasteiger partial charge in [0.1, 0.15) is 17.4 Å². The fraction of sp³-hybridized carbons (Fsp3) is 0.286. The van der Waals surface area contributed by atoms with Crippen molar-refractivity contribution in [1.29, 1.82) is 5.26 Å². The molecule has 92 valence electrons. The Morgan fingerprint density at radius 3 is 2.94 bits per heavy atom. The number of ether oxygens (including phenoxy) is 1. The third-order valence-electron chi connectivity index (χ3n) is 3.02. The largest absolute Gasteiger partial charge is 0.493 e. The molecule has 1 aliphatic rings. The first-order chi connectivity index (χ1) is 8.67. The SMILES string of the molecule is CC/C(=C(\C#N)C(=O)O)c1ccc2c(c1)CCO2. The minimum Gasteiger partial charge on any atom is -0.493 e. The monoisotopic (exact) mass is 243 g/mol. The number of fused-ring (bicyclic) bond motifs is 1. The van der Waals surface area contributed by atoms with Crippen LogP contribution in [0.5, 0.6) is 5.75 Å². The highest BCUT2D eigenvalue weighted by Crippen LogP contribution is 2.30. The van der Waals surface area contributed by atoms with E-state index in [1.807, 2.05) is 25.1 Å². The first-order valence-corrected chi connectivity index (χ1v) is 5.80. The van der Waals surface area contributed by atoms with E-state index in [0.29, 0.717) is 18.6 Å². The molecule has 2 rings (SSSR count). The minimum atomic E-state index is -1.17. The predicted octanol–water partition coefficient (Wildman–Crippen LogP) is 2.39. The molecule has 0 aliphatic carbocycles. The molecule has 0 spiro atoms. The smallest absolute Gasteiger partial charge is 0.346 e. The zero-order valence-electron chi connectivity index (χ0n) is 10.1. The summed E-state index contributed by atoms with van der Waals surface area (Å²) >= 11 is 0. The number of allylic oxidation sites excluding steroid dienone is 1. The van der Waals surface area contributed by atoms with Crippen molar-refractivity contribution >= 4 is 11.5 Å². The van der Waals surface area contributed by atoms with E-state index >= 15 is 0 Å². The van der Waals surface area contributed by atoms with Crippen molar-refractivity contribution in [2.45, 2.75) is 19.8 Å². The van der Waals surface area contributed by atoms with E-state index in [0.717, 1.165) is 23.3 Å². The lowest BCUT2D eigenvalue weighted by Crippen LogP contribution is -2.02. The second kappa shape index (κ2) is 4.92. The van der Waals surface area contributed by atoms with Crippen molar-refractivity contribution < 1.29 is 14.6 Å². The molecule has 0 fully saturated rings. The first-order valence-electron chi connectivity index (χ1n) is 5.80. The molecule has 1 N–H and O–H groups in total. The van der Waals surface area contributed by atoms with Gasteiger partial charge in [-0.2, -0.15) is 5.26 Å². The second-order valence-electron chi connectivity index (χ2n) is 4.05. The minimum absolute atomic E-state index is 0.184. The van der Waals surface area contributed by atoms with Crippen LogP contribution in [0.3, 0.4) is 0 Å². The quantitative estimate of drug-likeness (QED) is 0.653. The Labute approximate surface area is 105 Å². The molecule has 4 nitrogen and oxygen atoms in total. The first kappa shape index (κ1) is 12.2. The van der Waals surface area contributed by atoms with Crippen molar-refractivity contribution in [1.82, 2.24) is 0 Å². The lowest BCUT2D eigenvalue weighted by molar-refractivity contribution is -0.132. The van der Waals surface area contributed by atoms with Crippen LogP contribution in [-0.4, -0.2) is 17.7 Å². The fourth-order valence-corrected chi connectivity index (χ4v) is 2.14. The molecule has 0 aromatic heterocycles. The zero-order chi connectivity index (χ0) is 13.1. The summed E-state index contributed by atoms with van der Waals surface area (Å²) in [6, 6.07) is 7.33. The summed E-state index contributed by atoms with van der Waals surface area (Å²) in [6.07, 6.45) is 1.34. The highest BCUT2D eigenvalue weighted by atomic mass is 16.5. The number of rotatable bonds is 3. The molecule has 0 saturated heterocycles. The summed E-state index contributed by atoms with van der Waals surface area (Å²) in [5.41, 5.74) is 2.25. The van der Waals surface area contributed by atoms with E-state index in [4.69, 9.17) is 15.1 Å². The summed E-state index contributed by atoms with van der Waals surface area (Å²) in [4.78, 5) is 11.0. The molecule has 18 heavy (non-hydrogen) atoms. The molecule has 0 saturated carbocycles. The molecule has 1 aromatic rings. The maximum atomic E-state index is 11.0. The number of nitrogens with zero attached hydrogens (tertiary/aromatic N) is 1. The van der Waals surface area contributed by atoms with E-state index in [2.05, 4.69) is 0 Å². The van der Waals surface area contributed by atoms with Crippen LogP contribution in [0.15, 0.2) is 23.8 Å². The molecular weight excluding hydrogens is 230 g/mol. The Bertz CT molecular complexity index is 567. The number of hydrogen-bond acceptors (Lipinski definition) is 3. The van der Waals surface area contributed by atoms with E-state index in [9.17, 15) is 4.79 Å². The molecule has 0 amide bonds. The molecule has 4 heteroatoms. The van der Waals surface area contributed by atoms with Crippen molar-refractivity contribution in [3.8, 4) is 11.8 Å². The van der Waals surface area contributed by atoms with Gasteiger partial charge in [-0.15, -0.1) is 0 Å². The van der Waals surface area contributed by atoms with Gasteiger partial charge in [0.05, 0.1) is 6.61 Å². The Morgan fingerprint density at radius 2 is 2.33 bits per heavy atom. The van der Waals surface area contributed by atoms with Crippen molar-refractivity contribution in [2.75, 3.05) is 6.61 Å². The molecule has 1 heterocycles. The van der Waals surface area contributed by atoms with Crippen LogP contribution in [0.25, 0.3) is 5.57 Å². The summed E-state index contributed by atoms with van der Waals surface area (Å²) < 4.78 is 5.40. The third-order valence-corrected chi connectivity index (χ3v) is 3.02. The van der Waals surface area contributed by atoms with Crippen LogP contribution in [0.1, 0.15) is 24.5 Å². The summed E-state index contributed by atoms with van der Waals surface area (Å²) in [5.74, 6) is -0.325. The fourth-order valence-electron chi connectivity index (χ4n) is 2.14. The van der Waals surface area contributed by atoms with Crippen LogP contribution in [0.4, 0.5) is 0 Å². The number of aliphatic carboxylic acids is 1. The van der Waals surface area contributed by atoms with Crippen LogP contribution < -0.4 is 4.74 Å². The molecule has 1 aliphatic heterocycles. The standard InChI is InChI=1S/C14H13NO3/c1-2-11(12(8-15)14(16)17)9-3-4-13-10(7-9)5-6-18-13/h3-4,7H,2,5-6H2,1H3,(H,16,17)/b12-11-. The predicted molar refractivity (Wildman–Crippen MR) is 66.1 cm³/mol. The van der Waals surface area contributed by atoms with Gasteiger partial charge >= 0.3 is 5.97 Å². The Balaban J connectivity index is 2.52. The van der Waals surface area contributed by atoms with Gasteiger partial charge in [0.25, 0.3) is 0 Å². The van der Waals surface area contributed by atoms with Gasteiger partial charge in [0.15, 0.2) is 0 Å². The number of nitriles is 1. The molecule has 0 bridgehead atoms. The molecule has 0 radical (unpaired) electrons. The molecular formula is C14H13NO3. The average Bonchev–Trinajstić information content (AvgIpc) is 2.82. The number of carbonyl (C=O) groups is 1. The maximum absolute atomic E-state index is 11.0. The normalized spacial score (nSPS) is 14.2. The highest BCUT2D eigenvalue weighted by Gasteiger charge is 2.17. The topological polar surface area (TPSA) is 70.3 Å². The summed E-state index contributed by atoms with van der Waals surface area (Å²) in [5, 5.41) is 18.0. The molecule has 1 aromatic carbocycles. The number of carboxylic acids is 1. The van der Waals surface area contributed by atoms with Crippen molar-refractivity contribution in [3.63, 3.8) is 0 Å². The summed E-state index contributed by atoms with van der Waals surface area (Å²) in [7, 11) is 0. The second-order valence-corrected chi connectivity index (χ2v) is 4.05.